The molecular formula is C26H47N. The Bertz CT molecular complexity index is 554. The summed E-state index contributed by atoms with van der Waals surface area (Å²) in [6.45, 7) is 15.6. The number of rotatable bonds is 1. The Morgan fingerprint density at radius 2 is 1.59 bits per heavy atom. The predicted octanol–water partition coefficient (Wildman–Crippen LogP) is 7.04. The lowest BCUT2D eigenvalue weighted by molar-refractivity contribution is -0.184. The van der Waals surface area contributed by atoms with Crippen molar-refractivity contribution in [1.29, 1.82) is 0 Å². The van der Waals surface area contributed by atoms with E-state index in [2.05, 4.69) is 41.5 Å². The van der Waals surface area contributed by atoms with E-state index >= 15 is 0 Å². The van der Waals surface area contributed by atoms with E-state index in [1.54, 1.807) is 0 Å². The first-order chi connectivity index (χ1) is 12.6. The van der Waals surface area contributed by atoms with Gasteiger partial charge in [0.1, 0.15) is 0 Å². The highest BCUT2D eigenvalue weighted by molar-refractivity contribution is 5.13. The average Bonchev–Trinajstić information content (AvgIpc) is 2.73. The Morgan fingerprint density at radius 1 is 0.852 bits per heavy atom. The average molecular weight is 374 g/mol. The van der Waals surface area contributed by atoms with Gasteiger partial charge in [-0.2, -0.15) is 0 Å². The van der Waals surface area contributed by atoms with Gasteiger partial charge in [0.15, 0.2) is 0 Å². The second kappa shape index (κ2) is 6.75. The van der Waals surface area contributed by atoms with Crippen molar-refractivity contribution in [3.05, 3.63) is 0 Å². The molecule has 1 nitrogen and oxygen atoms in total. The largest absolute Gasteiger partial charge is 0.328 e. The van der Waals surface area contributed by atoms with Gasteiger partial charge in [-0.05, 0) is 110 Å². The molecule has 8 unspecified atom stereocenters. The van der Waals surface area contributed by atoms with Gasteiger partial charge >= 0.3 is 0 Å². The van der Waals surface area contributed by atoms with Gasteiger partial charge in [-0.15, -0.1) is 0 Å². The molecule has 0 saturated heterocycles. The minimum absolute atomic E-state index is 0.444. The molecule has 27 heavy (non-hydrogen) atoms. The molecule has 10 atom stereocenters. The third-order valence-electron chi connectivity index (χ3n) is 11.2. The zero-order valence-corrected chi connectivity index (χ0v) is 19.2. The van der Waals surface area contributed by atoms with Gasteiger partial charge in [-0.3, -0.25) is 0 Å². The van der Waals surface area contributed by atoms with Crippen LogP contribution in [-0.2, 0) is 0 Å². The van der Waals surface area contributed by atoms with Crippen LogP contribution in [0.1, 0.15) is 106 Å². The van der Waals surface area contributed by atoms with E-state index in [-0.39, 0.29) is 0 Å². The zero-order valence-electron chi connectivity index (χ0n) is 19.2. The van der Waals surface area contributed by atoms with Crippen LogP contribution in [0.25, 0.3) is 0 Å². The summed E-state index contributed by atoms with van der Waals surface area (Å²) in [5.74, 6) is 5.64. The summed E-state index contributed by atoms with van der Waals surface area (Å²) in [5, 5.41) is 0. The summed E-state index contributed by atoms with van der Waals surface area (Å²) < 4.78 is 0. The molecule has 0 aromatic carbocycles. The Kier molecular flexibility index (Phi) is 5.06. The molecule has 0 amide bonds. The fourth-order valence-electron chi connectivity index (χ4n) is 9.36. The van der Waals surface area contributed by atoms with Crippen LogP contribution in [0.2, 0.25) is 0 Å². The van der Waals surface area contributed by atoms with Crippen LogP contribution in [0, 0.1) is 51.8 Å². The van der Waals surface area contributed by atoms with Crippen molar-refractivity contribution in [2.75, 3.05) is 0 Å². The van der Waals surface area contributed by atoms with Crippen LogP contribution in [0.4, 0.5) is 0 Å². The van der Waals surface area contributed by atoms with E-state index in [1.807, 2.05) is 0 Å². The molecular weight excluding hydrogens is 326 g/mol. The SMILES string of the molecule is CC[C@H]1C[C@H](C)CC2C3CC(C)C4(C)CC(N)CCC4(C)C3CCC2(C)C1. The summed E-state index contributed by atoms with van der Waals surface area (Å²) >= 11 is 0. The highest BCUT2D eigenvalue weighted by Crippen LogP contribution is 2.70. The third kappa shape index (κ3) is 2.96. The monoisotopic (exact) mass is 373 g/mol. The van der Waals surface area contributed by atoms with Crippen LogP contribution < -0.4 is 5.73 Å². The van der Waals surface area contributed by atoms with Crippen LogP contribution in [0.3, 0.4) is 0 Å². The summed E-state index contributed by atoms with van der Waals surface area (Å²) in [4.78, 5) is 0. The third-order valence-corrected chi connectivity index (χ3v) is 11.2. The van der Waals surface area contributed by atoms with Gasteiger partial charge < -0.3 is 5.73 Å². The molecule has 0 spiro atoms. The Labute approximate surface area is 169 Å². The molecule has 0 heterocycles. The van der Waals surface area contributed by atoms with E-state index in [4.69, 9.17) is 5.73 Å². The number of nitrogens with two attached hydrogens (primary N) is 1. The van der Waals surface area contributed by atoms with Crippen molar-refractivity contribution in [3.63, 3.8) is 0 Å². The number of hydrogen-bond donors (Lipinski definition) is 1. The minimum Gasteiger partial charge on any atom is -0.328 e. The highest BCUT2D eigenvalue weighted by atomic mass is 14.7. The van der Waals surface area contributed by atoms with E-state index in [1.165, 1.54) is 64.2 Å². The van der Waals surface area contributed by atoms with Gasteiger partial charge in [0, 0.05) is 6.04 Å². The predicted molar refractivity (Wildman–Crippen MR) is 116 cm³/mol. The number of fused-ring (bicyclic) bond motifs is 5. The molecule has 0 bridgehead atoms. The van der Waals surface area contributed by atoms with Crippen LogP contribution in [0.5, 0.6) is 0 Å². The Morgan fingerprint density at radius 3 is 2.30 bits per heavy atom. The standard InChI is InChI=1S/C26H47N/c1-7-19-12-17(2)13-23-21-14-18(3)26(6)16-20(27)8-11-25(26,5)22(21)9-10-24(23,4)15-19/h17-23H,7-16,27H2,1-6H3/t17-,18?,19-,20?,21?,22?,23?,24?,25?,26?/m0/s1. The molecule has 4 saturated carbocycles. The maximum atomic E-state index is 6.51. The van der Waals surface area contributed by atoms with Crippen molar-refractivity contribution >= 4 is 0 Å². The first-order valence-corrected chi connectivity index (χ1v) is 12.4. The van der Waals surface area contributed by atoms with Gasteiger partial charge in [0.25, 0.3) is 0 Å². The lowest BCUT2D eigenvalue weighted by atomic mass is 9.37. The van der Waals surface area contributed by atoms with E-state index < -0.39 is 0 Å². The van der Waals surface area contributed by atoms with Crippen molar-refractivity contribution in [1.82, 2.24) is 0 Å². The molecule has 0 radical (unpaired) electrons. The van der Waals surface area contributed by atoms with Crippen molar-refractivity contribution in [2.45, 2.75) is 112 Å². The lowest BCUT2D eigenvalue weighted by Crippen LogP contribution is -2.62. The molecule has 4 fully saturated rings. The second-order valence-corrected chi connectivity index (χ2v) is 12.6. The minimum atomic E-state index is 0.444. The second-order valence-electron chi connectivity index (χ2n) is 12.6. The van der Waals surface area contributed by atoms with Gasteiger partial charge in [0.05, 0.1) is 0 Å². The van der Waals surface area contributed by atoms with Gasteiger partial charge in [-0.1, -0.05) is 48.0 Å². The summed E-state index contributed by atoms with van der Waals surface area (Å²) in [6.07, 6.45) is 14.3. The van der Waals surface area contributed by atoms with Crippen molar-refractivity contribution in [2.24, 2.45) is 57.5 Å². The van der Waals surface area contributed by atoms with Crippen LogP contribution in [-0.4, -0.2) is 6.04 Å². The number of hydrogen-bond acceptors (Lipinski definition) is 1. The Balaban J connectivity index is 1.69. The lowest BCUT2D eigenvalue weighted by Gasteiger charge is -2.68. The Hall–Kier alpha value is -0.0400. The topological polar surface area (TPSA) is 26.0 Å². The molecule has 0 aromatic heterocycles. The highest BCUT2D eigenvalue weighted by Gasteiger charge is 2.63. The van der Waals surface area contributed by atoms with E-state index in [0.717, 1.165) is 35.5 Å². The molecule has 4 aliphatic rings. The maximum Gasteiger partial charge on any atom is 0.00445 e. The fraction of sp³-hybridized carbons (Fsp3) is 1.00. The van der Waals surface area contributed by atoms with Gasteiger partial charge in [0.2, 0.25) is 0 Å². The van der Waals surface area contributed by atoms with Crippen LogP contribution in [0.15, 0.2) is 0 Å². The maximum absolute atomic E-state index is 6.51. The van der Waals surface area contributed by atoms with Gasteiger partial charge in [-0.25, -0.2) is 0 Å². The van der Waals surface area contributed by atoms with E-state index in [0.29, 0.717) is 22.3 Å². The molecule has 0 aliphatic heterocycles. The summed E-state index contributed by atoms with van der Waals surface area (Å²) in [7, 11) is 0. The summed E-state index contributed by atoms with van der Waals surface area (Å²) in [6, 6.07) is 0.444. The quantitative estimate of drug-likeness (QED) is 0.524. The molecule has 156 valence electrons. The fourth-order valence-corrected chi connectivity index (χ4v) is 9.36. The normalized spacial score (nSPS) is 58.6. The zero-order chi connectivity index (χ0) is 19.6. The van der Waals surface area contributed by atoms with Crippen LogP contribution >= 0.6 is 0 Å². The summed E-state index contributed by atoms with van der Waals surface area (Å²) in [5.41, 5.74) is 8.11. The van der Waals surface area contributed by atoms with E-state index in [9.17, 15) is 0 Å². The molecule has 2 N–H and O–H groups in total. The molecule has 4 rings (SSSR count). The first kappa shape index (κ1) is 20.2. The molecule has 4 aliphatic carbocycles. The smallest absolute Gasteiger partial charge is 0.00445 e. The molecule has 1 heteroatoms. The first-order valence-electron chi connectivity index (χ1n) is 12.4. The van der Waals surface area contributed by atoms with Crippen molar-refractivity contribution in [3.8, 4) is 0 Å². The van der Waals surface area contributed by atoms with Crippen molar-refractivity contribution < 1.29 is 0 Å². The molecule has 0 aromatic rings.